The Balaban J connectivity index is 1.37. The molecule has 3 heterocycles. The molecule has 0 atom stereocenters. The van der Waals surface area contributed by atoms with Crippen LogP contribution in [0, 0.1) is 13.8 Å². The molecule has 0 fully saturated rings. The number of hydrogen-bond acceptors (Lipinski definition) is 3. The highest BCUT2D eigenvalue weighted by atomic mass is 15.3. The normalized spacial score (nSPS) is 14.7. The molecule has 0 unspecified atom stereocenters. The van der Waals surface area contributed by atoms with Gasteiger partial charge in [0.1, 0.15) is 0 Å². The van der Waals surface area contributed by atoms with Gasteiger partial charge in [-0.15, -0.1) is 0 Å². The first kappa shape index (κ1) is 17.7. The Hall–Kier alpha value is -2.66. The summed E-state index contributed by atoms with van der Waals surface area (Å²) in [5.41, 5.74) is 7.25. The SMILES string of the molecule is Cc1cc(C)n(CCCN2CCc3[nH]nc(C=Cc4ccccc4)c3C2)n1. The van der Waals surface area contributed by atoms with Gasteiger partial charge in [0.05, 0.1) is 11.4 Å². The van der Waals surface area contributed by atoms with Gasteiger partial charge in [-0.3, -0.25) is 14.7 Å². The Bertz CT molecular complexity index is 920. The third kappa shape index (κ3) is 4.19. The van der Waals surface area contributed by atoms with Gasteiger partial charge in [0.2, 0.25) is 0 Å². The molecule has 0 radical (unpaired) electrons. The molecule has 27 heavy (non-hydrogen) atoms. The van der Waals surface area contributed by atoms with E-state index >= 15 is 0 Å². The van der Waals surface area contributed by atoms with E-state index in [1.807, 2.05) is 6.07 Å². The van der Waals surface area contributed by atoms with E-state index in [0.717, 1.165) is 50.4 Å². The smallest absolute Gasteiger partial charge is 0.0896 e. The number of hydrogen-bond donors (Lipinski definition) is 1. The molecule has 0 aliphatic carbocycles. The molecular weight excluding hydrogens is 334 g/mol. The molecule has 4 rings (SSSR count). The number of fused-ring (bicyclic) bond motifs is 1. The molecule has 0 amide bonds. The first-order valence-corrected chi connectivity index (χ1v) is 9.72. The van der Waals surface area contributed by atoms with E-state index in [-0.39, 0.29) is 0 Å². The second-order valence-corrected chi connectivity index (χ2v) is 7.34. The largest absolute Gasteiger partial charge is 0.298 e. The van der Waals surface area contributed by atoms with Crippen molar-refractivity contribution in [3.8, 4) is 0 Å². The Morgan fingerprint density at radius 2 is 1.96 bits per heavy atom. The zero-order valence-electron chi connectivity index (χ0n) is 16.2. The highest BCUT2D eigenvalue weighted by molar-refractivity contribution is 5.69. The lowest BCUT2D eigenvalue weighted by Gasteiger charge is -2.26. The van der Waals surface area contributed by atoms with E-state index in [2.05, 4.69) is 81.2 Å². The van der Waals surface area contributed by atoms with Gasteiger partial charge in [0.25, 0.3) is 0 Å². The quantitative estimate of drug-likeness (QED) is 0.726. The second-order valence-electron chi connectivity index (χ2n) is 7.34. The van der Waals surface area contributed by atoms with Crippen molar-refractivity contribution in [2.75, 3.05) is 13.1 Å². The summed E-state index contributed by atoms with van der Waals surface area (Å²) in [6, 6.07) is 12.5. The molecule has 1 aliphatic rings. The highest BCUT2D eigenvalue weighted by Gasteiger charge is 2.20. The summed E-state index contributed by atoms with van der Waals surface area (Å²) in [7, 11) is 0. The molecule has 3 aromatic rings. The van der Waals surface area contributed by atoms with E-state index in [1.54, 1.807) is 0 Å². The molecule has 1 N–H and O–H groups in total. The lowest BCUT2D eigenvalue weighted by molar-refractivity contribution is 0.244. The second kappa shape index (κ2) is 7.92. The van der Waals surface area contributed by atoms with Gasteiger partial charge in [0, 0.05) is 49.6 Å². The third-order valence-electron chi connectivity index (χ3n) is 5.23. The molecule has 0 saturated carbocycles. The first-order valence-electron chi connectivity index (χ1n) is 9.72. The van der Waals surface area contributed by atoms with Crippen molar-refractivity contribution in [1.29, 1.82) is 0 Å². The molecular formula is C22H27N5. The topological polar surface area (TPSA) is 49.7 Å². The predicted molar refractivity (Wildman–Crippen MR) is 109 cm³/mol. The highest BCUT2D eigenvalue weighted by Crippen LogP contribution is 2.22. The lowest BCUT2D eigenvalue weighted by atomic mass is 10.0. The van der Waals surface area contributed by atoms with Gasteiger partial charge in [0.15, 0.2) is 0 Å². The van der Waals surface area contributed by atoms with Crippen LogP contribution in [-0.4, -0.2) is 38.0 Å². The fourth-order valence-electron chi connectivity index (χ4n) is 3.79. The van der Waals surface area contributed by atoms with Crippen LogP contribution in [0.15, 0.2) is 36.4 Å². The van der Waals surface area contributed by atoms with Gasteiger partial charge in [-0.2, -0.15) is 10.2 Å². The molecule has 0 spiro atoms. The van der Waals surface area contributed by atoms with Crippen molar-refractivity contribution in [2.24, 2.45) is 0 Å². The Morgan fingerprint density at radius 1 is 1.11 bits per heavy atom. The molecule has 5 nitrogen and oxygen atoms in total. The zero-order chi connectivity index (χ0) is 18.6. The Kier molecular flexibility index (Phi) is 5.21. The minimum atomic E-state index is 0.970. The Morgan fingerprint density at radius 3 is 2.74 bits per heavy atom. The van der Waals surface area contributed by atoms with Gasteiger partial charge >= 0.3 is 0 Å². The molecule has 5 heteroatoms. The molecule has 140 valence electrons. The number of aryl methyl sites for hydroxylation is 3. The average Bonchev–Trinajstić information content (AvgIpc) is 3.23. The number of benzene rings is 1. The van der Waals surface area contributed by atoms with Crippen LogP contribution in [0.4, 0.5) is 0 Å². The predicted octanol–water partition coefficient (Wildman–Crippen LogP) is 3.84. The van der Waals surface area contributed by atoms with Crippen LogP contribution in [0.3, 0.4) is 0 Å². The van der Waals surface area contributed by atoms with E-state index in [1.165, 1.54) is 22.5 Å². The number of nitrogens with one attached hydrogen (secondary N) is 1. The molecule has 2 aromatic heterocycles. The molecule has 0 saturated heterocycles. The lowest BCUT2D eigenvalue weighted by Crippen LogP contribution is -2.32. The van der Waals surface area contributed by atoms with Crippen molar-refractivity contribution in [3.05, 3.63) is 70.3 Å². The van der Waals surface area contributed by atoms with E-state index in [9.17, 15) is 0 Å². The third-order valence-corrected chi connectivity index (χ3v) is 5.23. The van der Waals surface area contributed by atoms with Crippen LogP contribution in [0.5, 0.6) is 0 Å². The van der Waals surface area contributed by atoms with Gasteiger partial charge in [-0.25, -0.2) is 0 Å². The number of H-pyrrole nitrogens is 1. The summed E-state index contributed by atoms with van der Waals surface area (Å²) in [5, 5.41) is 12.3. The maximum Gasteiger partial charge on any atom is 0.0896 e. The molecule has 0 bridgehead atoms. The van der Waals surface area contributed by atoms with Crippen LogP contribution in [0.2, 0.25) is 0 Å². The van der Waals surface area contributed by atoms with Crippen molar-refractivity contribution in [2.45, 2.75) is 39.8 Å². The number of aromatic amines is 1. The van der Waals surface area contributed by atoms with E-state index in [0.29, 0.717) is 0 Å². The summed E-state index contributed by atoms with van der Waals surface area (Å²) >= 11 is 0. The van der Waals surface area contributed by atoms with Crippen LogP contribution < -0.4 is 0 Å². The van der Waals surface area contributed by atoms with E-state index in [4.69, 9.17) is 0 Å². The summed E-state index contributed by atoms with van der Waals surface area (Å²) in [5.74, 6) is 0. The summed E-state index contributed by atoms with van der Waals surface area (Å²) in [4.78, 5) is 2.53. The minimum absolute atomic E-state index is 0.970. The van der Waals surface area contributed by atoms with E-state index < -0.39 is 0 Å². The number of nitrogens with zero attached hydrogens (tertiary/aromatic N) is 4. The monoisotopic (exact) mass is 361 g/mol. The molecule has 1 aromatic carbocycles. The summed E-state index contributed by atoms with van der Waals surface area (Å²) in [6.45, 7) is 8.31. The average molecular weight is 361 g/mol. The summed E-state index contributed by atoms with van der Waals surface area (Å²) < 4.78 is 2.12. The van der Waals surface area contributed by atoms with Gasteiger partial charge < -0.3 is 0 Å². The first-order chi connectivity index (χ1) is 13.2. The van der Waals surface area contributed by atoms with Gasteiger partial charge in [-0.05, 0) is 38.0 Å². The maximum atomic E-state index is 4.56. The van der Waals surface area contributed by atoms with Crippen LogP contribution in [0.25, 0.3) is 12.2 Å². The molecule has 1 aliphatic heterocycles. The van der Waals surface area contributed by atoms with Crippen LogP contribution in [0.1, 0.15) is 40.3 Å². The van der Waals surface area contributed by atoms with Crippen molar-refractivity contribution in [1.82, 2.24) is 24.9 Å². The summed E-state index contributed by atoms with van der Waals surface area (Å²) in [6.07, 6.45) is 6.42. The fraction of sp³-hybridized carbons (Fsp3) is 0.364. The number of aromatic nitrogens is 4. The Labute approximate surface area is 160 Å². The number of rotatable bonds is 6. The van der Waals surface area contributed by atoms with Crippen molar-refractivity contribution >= 4 is 12.2 Å². The van der Waals surface area contributed by atoms with Gasteiger partial charge in [-0.1, -0.05) is 36.4 Å². The zero-order valence-corrected chi connectivity index (χ0v) is 16.2. The van der Waals surface area contributed by atoms with Crippen molar-refractivity contribution in [3.63, 3.8) is 0 Å². The van der Waals surface area contributed by atoms with Crippen molar-refractivity contribution < 1.29 is 0 Å². The fourth-order valence-corrected chi connectivity index (χ4v) is 3.79. The van der Waals surface area contributed by atoms with Crippen LogP contribution >= 0.6 is 0 Å². The maximum absolute atomic E-state index is 4.56. The minimum Gasteiger partial charge on any atom is -0.298 e. The van der Waals surface area contributed by atoms with Crippen LogP contribution in [-0.2, 0) is 19.5 Å². The standard InChI is InChI=1S/C22H27N5/c1-17-15-18(2)27(25-17)13-6-12-26-14-11-22-20(16-26)21(23-24-22)10-9-19-7-4-3-5-8-19/h3-5,7-10,15H,6,11-14,16H2,1-2H3,(H,23,24).